The van der Waals surface area contributed by atoms with Crippen LogP contribution in [0.25, 0.3) is 5.69 Å². The molecule has 31 heavy (non-hydrogen) atoms. The Morgan fingerprint density at radius 3 is 2.55 bits per heavy atom. The molecule has 0 aliphatic heterocycles. The molecule has 0 saturated heterocycles. The van der Waals surface area contributed by atoms with Crippen LogP contribution in [0, 0.1) is 13.8 Å². The minimum absolute atomic E-state index is 0. The summed E-state index contributed by atoms with van der Waals surface area (Å²) in [5, 5.41) is 16.5. The zero-order valence-corrected chi connectivity index (χ0v) is 21.8. The maximum absolute atomic E-state index is 5.96. The van der Waals surface area contributed by atoms with E-state index >= 15 is 0 Å². The van der Waals surface area contributed by atoms with E-state index in [9.17, 15) is 0 Å². The van der Waals surface area contributed by atoms with E-state index in [4.69, 9.17) is 16.6 Å². The molecule has 0 saturated carbocycles. The zero-order valence-electron chi connectivity index (χ0n) is 18.7. The van der Waals surface area contributed by atoms with Crippen LogP contribution in [0.3, 0.4) is 0 Å². The summed E-state index contributed by atoms with van der Waals surface area (Å²) in [5.74, 6) is 0.795. The fourth-order valence-electron chi connectivity index (χ4n) is 3.37. The van der Waals surface area contributed by atoms with E-state index in [-0.39, 0.29) is 30.0 Å². The molecule has 0 aliphatic carbocycles. The largest absolute Gasteiger partial charge is 0.357 e. The number of hydrogen-bond acceptors (Lipinski definition) is 3. The highest BCUT2D eigenvalue weighted by molar-refractivity contribution is 14.0. The van der Waals surface area contributed by atoms with Crippen molar-refractivity contribution in [3.05, 3.63) is 64.2 Å². The van der Waals surface area contributed by atoms with Crippen molar-refractivity contribution in [3.8, 4) is 5.69 Å². The van der Waals surface area contributed by atoms with E-state index in [0.717, 1.165) is 35.9 Å². The van der Waals surface area contributed by atoms with E-state index in [1.807, 2.05) is 53.1 Å². The molecule has 0 spiro atoms. The van der Waals surface area contributed by atoms with Gasteiger partial charge in [0.15, 0.2) is 5.96 Å². The molecule has 2 heterocycles. The highest BCUT2D eigenvalue weighted by Crippen LogP contribution is 2.15. The van der Waals surface area contributed by atoms with Gasteiger partial charge in [-0.15, -0.1) is 24.0 Å². The minimum atomic E-state index is 0. The van der Waals surface area contributed by atoms with Crippen LogP contribution in [0.2, 0.25) is 5.02 Å². The average molecular weight is 556 g/mol. The van der Waals surface area contributed by atoms with Gasteiger partial charge in [0.05, 0.1) is 24.1 Å². The standard InChI is InChI=1S/C22H30ClN7.HI/c1-6-24-22(27-15(2)11-21-16(3)28-29(5)17(21)4)25-12-18-13-26-30(14-18)20-9-7-19(23)8-10-20;/h7-10,13-15H,6,11-12H2,1-5H3,(H2,24,25,27);1H. The highest BCUT2D eigenvalue weighted by Gasteiger charge is 2.14. The Bertz CT molecular complexity index is 1010. The number of aliphatic imine (C=N–C) groups is 1. The molecule has 0 aliphatic rings. The number of nitrogens with zero attached hydrogens (tertiary/aromatic N) is 5. The summed E-state index contributed by atoms with van der Waals surface area (Å²) in [5.41, 5.74) is 5.58. The topological polar surface area (TPSA) is 72.1 Å². The van der Waals surface area contributed by atoms with Crippen molar-refractivity contribution in [2.75, 3.05) is 6.54 Å². The van der Waals surface area contributed by atoms with Crippen molar-refractivity contribution in [1.82, 2.24) is 30.2 Å². The molecule has 3 rings (SSSR count). The van der Waals surface area contributed by atoms with E-state index in [1.165, 1.54) is 11.3 Å². The summed E-state index contributed by atoms with van der Waals surface area (Å²) in [6, 6.07) is 7.82. The highest BCUT2D eigenvalue weighted by atomic mass is 127. The summed E-state index contributed by atoms with van der Waals surface area (Å²) in [4.78, 5) is 4.74. The van der Waals surface area contributed by atoms with Gasteiger partial charge in [-0.3, -0.25) is 4.68 Å². The second kappa shape index (κ2) is 11.5. The van der Waals surface area contributed by atoms with Gasteiger partial charge in [0.1, 0.15) is 0 Å². The van der Waals surface area contributed by atoms with Crippen LogP contribution in [0.15, 0.2) is 41.7 Å². The predicted octanol–water partition coefficient (Wildman–Crippen LogP) is 4.18. The van der Waals surface area contributed by atoms with Crippen molar-refractivity contribution < 1.29 is 0 Å². The Balaban J connectivity index is 0.00000341. The van der Waals surface area contributed by atoms with Crippen LogP contribution in [0.4, 0.5) is 0 Å². The molecule has 168 valence electrons. The molecule has 7 nitrogen and oxygen atoms in total. The fourth-order valence-corrected chi connectivity index (χ4v) is 3.50. The summed E-state index contributed by atoms with van der Waals surface area (Å²) in [6.45, 7) is 9.74. The molecule has 1 atom stereocenters. The second-order valence-electron chi connectivity index (χ2n) is 7.49. The lowest BCUT2D eigenvalue weighted by molar-refractivity contribution is 0.636. The van der Waals surface area contributed by atoms with Crippen molar-refractivity contribution in [3.63, 3.8) is 0 Å². The van der Waals surface area contributed by atoms with E-state index in [0.29, 0.717) is 11.6 Å². The first-order chi connectivity index (χ1) is 14.4. The van der Waals surface area contributed by atoms with E-state index in [2.05, 4.69) is 48.5 Å². The maximum atomic E-state index is 5.96. The number of hydrogen-bond donors (Lipinski definition) is 2. The Labute approximate surface area is 206 Å². The van der Waals surface area contributed by atoms with Gasteiger partial charge >= 0.3 is 0 Å². The third-order valence-corrected chi connectivity index (χ3v) is 5.30. The van der Waals surface area contributed by atoms with Crippen LogP contribution >= 0.6 is 35.6 Å². The van der Waals surface area contributed by atoms with Gasteiger partial charge < -0.3 is 10.6 Å². The first-order valence-corrected chi connectivity index (χ1v) is 10.6. The number of rotatable bonds is 7. The fraction of sp³-hybridized carbons (Fsp3) is 0.409. The monoisotopic (exact) mass is 555 g/mol. The normalized spacial score (nSPS) is 12.4. The molecule has 0 fully saturated rings. The molecule has 2 aromatic heterocycles. The van der Waals surface area contributed by atoms with Gasteiger partial charge in [0.25, 0.3) is 0 Å². The molecule has 1 aromatic carbocycles. The summed E-state index contributed by atoms with van der Waals surface area (Å²) in [6.07, 6.45) is 4.72. The van der Waals surface area contributed by atoms with Crippen molar-refractivity contribution >= 4 is 41.5 Å². The lowest BCUT2D eigenvalue weighted by atomic mass is 10.1. The summed E-state index contributed by atoms with van der Waals surface area (Å²) in [7, 11) is 1.99. The van der Waals surface area contributed by atoms with Gasteiger partial charge in [-0.1, -0.05) is 11.6 Å². The van der Waals surface area contributed by atoms with E-state index in [1.54, 1.807) is 0 Å². The lowest BCUT2D eigenvalue weighted by Crippen LogP contribution is -2.43. The number of aromatic nitrogens is 4. The first kappa shape index (κ1) is 25.2. The Morgan fingerprint density at radius 2 is 1.94 bits per heavy atom. The molecule has 1 unspecified atom stereocenters. The number of benzene rings is 1. The third-order valence-electron chi connectivity index (χ3n) is 5.04. The number of nitrogens with one attached hydrogen (secondary N) is 2. The zero-order chi connectivity index (χ0) is 21.7. The van der Waals surface area contributed by atoms with E-state index < -0.39 is 0 Å². The number of guanidine groups is 1. The van der Waals surface area contributed by atoms with Crippen molar-refractivity contribution in [2.45, 2.75) is 46.7 Å². The minimum Gasteiger partial charge on any atom is -0.357 e. The number of aryl methyl sites for hydroxylation is 2. The molecular formula is C22H31ClIN7. The second-order valence-corrected chi connectivity index (χ2v) is 7.92. The molecule has 0 bridgehead atoms. The SMILES string of the molecule is CCNC(=NCc1cnn(-c2ccc(Cl)cc2)c1)NC(C)Cc1c(C)nn(C)c1C.I. The van der Waals surface area contributed by atoms with Crippen molar-refractivity contribution in [1.29, 1.82) is 0 Å². The van der Waals surface area contributed by atoms with Gasteiger partial charge in [0, 0.05) is 42.1 Å². The average Bonchev–Trinajstić information content (AvgIpc) is 3.27. The third kappa shape index (κ3) is 6.70. The first-order valence-electron chi connectivity index (χ1n) is 10.2. The number of halogens is 2. The quantitative estimate of drug-likeness (QED) is 0.261. The van der Waals surface area contributed by atoms with Gasteiger partial charge in [-0.25, -0.2) is 9.67 Å². The Hall–Kier alpha value is -2.07. The molecule has 9 heteroatoms. The van der Waals surface area contributed by atoms with Crippen LogP contribution in [0.1, 0.15) is 36.4 Å². The van der Waals surface area contributed by atoms with Crippen LogP contribution in [0.5, 0.6) is 0 Å². The smallest absolute Gasteiger partial charge is 0.191 e. The summed E-state index contributed by atoms with van der Waals surface area (Å²) >= 11 is 5.96. The molecule has 2 N–H and O–H groups in total. The van der Waals surface area contributed by atoms with Crippen LogP contribution in [-0.2, 0) is 20.0 Å². The molecule has 0 radical (unpaired) electrons. The Kier molecular flexibility index (Phi) is 9.36. The predicted molar refractivity (Wildman–Crippen MR) is 138 cm³/mol. The summed E-state index contributed by atoms with van der Waals surface area (Å²) < 4.78 is 3.77. The van der Waals surface area contributed by atoms with Crippen molar-refractivity contribution in [2.24, 2.45) is 12.0 Å². The van der Waals surface area contributed by atoms with Crippen LogP contribution < -0.4 is 10.6 Å². The molecule has 3 aromatic rings. The molecule has 0 amide bonds. The van der Waals surface area contributed by atoms with Gasteiger partial charge in [-0.2, -0.15) is 10.2 Å². The lowest BCUT2D eigenvalue weighted by Gasteiger charge is -2.18. The maximum Gasteiger partial charge on any atom is 0.191 e. The molecular weight excluding hydrogens is 525 g/mol. The van der Waals surface area contributed by atoms with Gasteiger partial charge in [-0.05, 0) is 63.9 Å². The van der Waals surface area contributed by atoms with Gasteiger partial charge in [0.2, 0.25) is 0 Å². The van der Waals surface area contributed by atoms with Crippen LogP contribution in [-0.4, -0.2) is 38.1 Å². The Morgan fingerprint density at radius 1 is 1.23 bits per heavy atom.